The Balaban J connectivity index is 2.42. The van der Waals surface area contributed by atoms with Gasteiger partial charge in [-0.2, -0.15) is 0 Å². The average molecular weight is 293 g/mol. The van der Waals surface area contributed by atoms with Crippen molar-refractivity contribution in [3.8, 4) is 5.75 Å². The van der Waals surface area contributed by atoms with Crippen molar-refractivity contribution in [1.82, 2.24) is 5.32 Å². The van der Waals surface area contributed by atoms with Crippen LogP contribution in [0.3, 0.4) is 0 Å². The molecule has 0 fully saturated rings. The topological polar surface area (TPSA) is 30.5 Å². The van der Waals surface area contributed by atoms with E-state index < -0.39 is 0 Å². The van der Waals surface area contributed by atoms with Crippen molar-refractivity contribution in [2.45, 2.75) is 52.1 Å². The van der Waals surface area contributed by atoms with Crippen LogP contribution in [0.4, 0.5) is 0 Å². The lowest BCUT2D eigenvalue weighted by Crippen LogP contribution is -2.23. The summed E-state index contributed by atoms with van der Waals surface area (Å²) >= 11 is 0. The molecule has 120 valence electrons. The van der Waals surface area contributed by atoms with Crippen molar-refractivity contribution < 1.29 is 9.47 Å². The van der Waals surface area contributed by atoms with E-state index in [-0.39, 0.29) is 6.10 Å². The Labute approximate surface area is 130 Å². The second kappa shape index (κ2) is 11.6. The molecule has 0 aliphatic carbocycles. The van der Waals surface area contributed by atoms with Crippen LogP contribution in [0.25, 0.3) is 0 Å². The fraction of sp³-hybridized carbons (Fsp3) is 0.667. The Morgan fingerprint density at radius 2 is 1.71 bits per heavy atom. The molecule has 0 bridgehead atoms. The highest BCUT2D eigenvalue weighted by Crippen LogP contribution is 2.20. The molecule has 0 aromatic heterocycles. The van der Waals surface area contributed by atoms with Gasteiger partial charge < -0.3 is 14.8 Å². The molecule has 21 heavy (non-hydrogen) atoms. The minimum Gasteiger partial charge on any atom is -0.497 e. The van der Waals surface area contributed by atoms with E-state index in [0.29, 0.717) is 0 Å². The van der Waals surface area contributed by atoms with E-state index >= 15 is 0 Å². The third kappa shape index (κ3) is 7.49. The van der Waals surface area contributed by atoms with Crippen LogP contribution < -0.4 is 10.1 Å². The highest BCUT2D eigenvalue weighted by atomic mass is 16.5. The van der Waals surface area contributed by atoms with E-state index in [1.165, 1.54) is 31.2 Å². The molecule has 0 aliphatic rings. The molecule has 1 unspecified atom stereocenters. The number of benzene rings is 1. The van der Waals surface area contributed by atoms with Crippen molar-refractivity contribution in [1.29, 1.82) is 0 Å². The van der Waals surface area contributed by atoms with E-state index in [2.05, 4.69) is 31.3 Å². The second-order valence-electron chi connectivity index (χ2n) is 5.35. The molecule has 1 N–H and O–H groups in total. The SMILES string of the molecule is CCCCCCCOC(CNCC)c1ccc(OC)cc1. The van der Waals surface area contributed by atoms with Crippen LogP contribution in [0.15, 0.2) is 24.3 Å². The summed E-state index contributed by atoms with van der Waals surface area (Å²) in [5.41, 5.74) is 1.21. The third-order valence-electron chi connectivity index (χ3n) is 3.63. The predicted octanol–water partition coefficient (Wildman–Crippen LogP) is 4.33. The zero-order valence-electron chi connectivity index (χ0n) is 13.9. The van der Waals surface area contributed by atoms with Gasteiger partial charge in [-0.05, 0) is 30.7 Å². The minimum absolute atomic E-state index is 0.127. The predicted molar refractivity (Wildman–Crippen MR) is 89.0 cm³/mol. The van der Waals surface area contributed by atoms with E-state index in [1.807, 2.05) is 12.1 Å². The average Bonchev–Trinajstić information content (AvgIpc) is 2.53. The first-order chi connectivity index (χ1) is 10.3. The Morgan fingerprint density at radius 3 is 2.33 bits per heavy atom. The third-order valence-corrected chi connectivity index (χ3v) is 3.63. The van der Waals surface area contributed by atoms with Gasteiger partial charge in [-0.1, -0.05) is 51.7 Å². The van der Waals surface area contributed by atoms with Crippen molar-refractivity contribution in [3.05, 3.63) is 29.8 Å². The van der Waals surface area contributed by atoms with Crippen LogP contribution in [0, 0.1) is 0 Å². The zero-order chi connectivity index (χ0) is 15.3. The van der Waals surface area contributed by atoms with Gasteiger partial charge in [0.05, 0.1) is 13.2 Å². The summed E-state index contributed by atoms with van der Waals surface area (Å²) in [6.45, 7) is 7.03. The molecule has 0 heterocycles. The molecule has 3 nitrogen and oxygen atoms in total. The van der Waals surface area contributed by atoms with E-state index in [9.17, 15) is 0 Å². The van der Waals surface area contributed by atoms with Crippen LogP contribution in [0.1, 0.15) is 57.6 Å². The lowest BCUT2D eigenvalue weighted by atomic mass is 10.1. The van der Waals surface area contributed by atoms with Gasteiger partial charge in [0.25, 0.3) is 0 Å². The number of methoxy groups -OCH3 is 1. The number of nitrogens with one attached hydrogen (secondary N) is 1. The fourth-order valence-electron chi connectivity index (χ4n) is 2.30. The summed E-state index contributed by atoms with van der Waals surface area (Å²) in [7, 11) is 1.69. The highest BCUT2D eigenvalue weighted by molar-refractivity contribution is 5.28. The van der Waals surface area contributed by atoms with Gasteiger partial charge in [0.15, 0.2) is 0 Å². The van der Waals surface area contributed by atoms with Crippen LogP contribution in [0.2, 0.25) is 0 Å². The summed E-state index contributed by atoms with van der Waals surface area (Å²) < 4.78 is 11.3. The lowest BCUT2D eigenvalue weighted by molar-refractivity contribution is 0.0501. The molecule has 1 atom stereocenters. The molecule has 1 aromatic rings. The quantitative estimate of drug-likeness (QED) is 0.582. The number of unbranched alkanes of at least 4 members (excludes halogenated alkanes) is 4. The molecule has 0 aliphatic heterocycles. The van der Waals surface area contributed by atoms with Gasteiger partial charge in [-0.15, -0.1) is 0 Å². The normalized spacial score (nSPS) is 12.3. The largest absolute Gasteiger partial charge is 0.497 e. The van der Waals surface area contributed by atoms with Gasteiger partial charge in [0, 0.05) is 13.2 Å². The van der Waals surface area contributed by atoms with E-state index in [0.717, 1.165) is 31.9 Å². The second-order valence-corrected chi connectivity index (χ2v) is 5.35. The highest BCUT2D eigenvalue weighted by Gasteiger charge is 2.11. The lowest BCUT2D eigenvalue weighted by Gasteiger charge is -2.19. The Hall–Kier alpha value is -1.06. The van der Waals surface area contributed by atoms with E-state index in [4.69, 9.17) is 9.47 Å². The monoisotopic (exact) mass is 293 g/mol. The number of ether oxygens (including phenoxy) is 2. The van der Waals surface area contributed by atoms with Crippen molar-refractivity contribution in [3.63, 3.8) is 0 Å². The molecular weight excluding hydrogens is 262 g/mol. The number of likely N-dealkylation sites (N-methyl/N-ethyl adjacent to an activating group) is 1. The van der Waals surface area contributed by atoms with Crippen molar-refractivity contribution in [2.75, 3.05) is 26.8 Å². The summed E-state index contributed by atoms with van der Waals surface area (Å²) in [4.78, 5) is 0. The molecular formula is C18H31NO2. The van der Waals surface area contributed by atoms with Gasteiger partial charge >= 0.3 is 0 Å². The fourth-order valence-corrected chi connectivity index (χ4v) is 2.30. The maximum atomic E-state index is 6.08. The van der Waals surface area contributed by atoms with Crippen LogP contribution >= 0.6 is 0 Å². The molecule has 0 saturated carbocycles. The molecule has 0 spiro atoms. The van der Waals surface area contributed by atoms with Crippen molar-refractivity contribution >= 4 is 0 Å². The van der Waals surface area contributed by atoms with Gasteiger partial charge in [-0.25, -0.2) is 0 Å². The molecule has 1 aromatic carbocycles. The first-order valence-corrected chi connectivity index (χ1v) is 8.28. The summed E-state index contributed by atoms with van der Waals surface area (Å²) in [5.74, 6) is 0.889. The maximum Gasteiger partial charge on any atom is 0.118 e. The smallest absolute Gasteiger partial charge is 0.118 e. The Kier molecular flexibility index (Phi) is 9.92. The number of rotatable bonds is 12. The van der Waals surface area contributed by atoms with Crippen molar-refractivity contribution in [2.24, 2.45) is 0 Å². The van der Waals surface area contributed by atoms with Gasteiger partial charge in [0.1, 0.15) is 5.75 Å². The van der Waals surface area contributed by atoms with Gasteiger partial charge in [0.2, 0.25) is 0 Å². The van der Waals surface area contributed by atoms with E-state index in [1.54, 1.807) is 7.11 Å². The summed E-state index contributed by atoms with van der Waals surface area (Å²) in [5, 5.41) is 3.38. The van der Waals surface area contributed by atoms with Crippen LogP contribution in [-0.2, 0) is 4.74 Å². The molecule has 3 heteroatoms. The summed E-state index contributed by atoms with van der Waals surface area (Å²) in [6.07, 6.45) is 6.49. The Bertz CT molecular complexity index is 351. The Morgan fingerprint density at radius 1 is 1.00 bits per heavy atom. The zero-order valence-corrected chi connectivity index (χ0v) is 13.9. The molecule has 0 amide bonds. The minimum atomic E-state index is 0.127. The van der Waals surface area contributed by atoms with Crippen LogP contribution in [0.5, 0.6) is 5.75 Å². The number of hydrogen-bond donors (Lipinski definition) is 1. The standard InChI is InChI=1S/C18H31NO2/c1-4-6-7-8-9-14-21-18(15-19-5-2)16-10-12-17(20-3)13-11-16/h10-13,18-19H,4-9,14-15H2,1-3H3. The maximum absolute atomic E-state index is 6.08. The summed E-state index contributed by atoms with van der Waals surface area (Å²) in [6, 6.07) is 8.19. The molecule has 0 radical (unpaired) electrons. The number of hydrogen-bond acceptors (Lipinski definition) is 3. The first-order valence-electron chi connectivity index (χ1n) is 8.28. The van der Waals surface area contributed by atoms with Crippen LogP contribution in [-0.4, -0.2) is 26.8 Å². The molecule has 1 rings (SSSR count). The molecule has 0 saturated heterocycles. The van der Waals surface area contributed by atoms with Gasteiger partial charge in [-0.3, -0.25) is 0 Å². The first kappa shape index (κ1) is 18.0.